The summed E-state index contributed by atoms with van der Waals surface area (Å²) in [7, 11) is 2.03. The molecule has 1 heterocycles. The van der Waals surface area contributed by atoms with Gasteiger partial charge in [0.15, 0.2) is 0 Å². The van der Waals surface area contributed by atoms with E-state index in [0.717, 1.165) is 36.5 Å². The van der Waals surface area contributed by atoms with Crippen LogP contribution in [0.15, 0.2) is 30.3 Å². The minimum Gasteiger partial charge on any atom is -0.314 e. The van der Waals surface area contributed by atoms with Crippen LogP contribution >= 0.6 is 11.6 Å². The van der Waals surface area contributed by atoms with Gasteiger partial charge in [-0.2, -0.15) is 5.10 Å². The second-order valence-corrected chi connectivity index (χ2v) is 5.83. The molecule has 3 nitrogen and oxygen atoms in total. The first-order valence-corrected chi connectivity index (χ1v) is 7.99. The SMILES string of the molecule is CCNC(Cc1ccc(Cl)cc1)Cc1cc(CC)nn1C. The number of aromatic nitrogens is 2. The van der Waals surface area contributed by atoms with Crippen molar-refractivity contribution in [3.63, 3.8) is 0 Å². The Balaban J connectivity index is 2.07. The molecule has 4 heteroatoms. The van der Waals surface area contributed by atoms with Crippen molar-refractivity contribution in [2.75, 3.05) is 6.54 Å². The van der Waals surface area contributed by atoms with E-state index in [2.05, 4.69) is 42.5 Å². The topological polar surface area (TPSA) is 29.9 Å². The summed E-state index contributed by atoms with van der Waals surface area (Å²) >= 11 is 5.95. The van der Waals surface area contributed by atoms with Crippen molar-refractivity contribution in [1.82, 2.24) is 15.1 Å². The number of aryl methyl sites for hydroxylation is 2. The molecule has 1 aromatic carbocycles. The number of benzene rings is 1. The van der Waals surface area contributed by atoms with Crippen molar-refractivity contribution >= 4 is 11.6 Å². The predicted molar refractivity (Wildman–Crippen MR) is 88.9 cm³/mol. The Hall–Kier alpha value is -1.32. The molecule has 0 radical (unpaired) electrons. The summed E-state index contributed by atoms with van der Waals surface area (Å²) in [6, 6.07) is 10.8. The van der Waals surface area contributed by atoms with Gasteiger partial charge < -0.3 is 5.32 Å². The van der Waals surface area contributed by atoms with Crippen molar-refractivity contribution in [1.29, 1.82) is 0 Å². The van der Waals surface area contributed by atoms with Crippen LogP contribution in [-0.2, 0) is 26.3 Å². The van der Waals surface area contributed by atoms with Gasteiger partial charge in [-0.25, -0.2) is 0 Å². The van der Waals surface area contributed by atoms with Gasteiger partial charge in [-0.3, -0.25) is 4.68 Å². The van der Waals surface area contributed by atoms with Crippen molar-refractivity contribution in [2.45, 2.75) is 39.2 Å². The van der Waals surface area contributed by atoms with Crippen LogP contribution in [0.1, 0.15) is 30.8 Å². The van der Waals surface area contributed by atoms with Crippen LogP contribution in [0.25, 0.3) is 0 Å². The predicted octanol–water partition coefficient (Wildman–Crippen LogP) is 3.40. The zero-order chi connectivity index (χ0) is 15.2. The second kappa shape index (κ2) is 7.62. The third-order valence-corrected chi connectivity index (χ3v) is 3.99. The summed E-state index contributed by atoms with van der Waals surface area (Å²) in [6.07, 6.45) is 2.97. The molecule has 1 unspecified atom stereocenters. The summed E-state index contributed by atoms with van der Waals surface area (Å²) in [5.74, 6) is 0. The fourth-order valence-corrected chi connectivity index (χ4v) is 2.72. The first-order chi connectivity index (χ1) is 10.1. The molecule has 21 heavy (non-hydrogen) atoms. The number of halogens is 1. The van der Waals surface area contributed by atoms with Gasteiger partial charge in [0.05, 0.1) is 5.69 Å². The molecule has 0 aliphatic heterocycles. The van der Waals surface area contributed by atoms with E-state index in [1.54, 1.807) is 0 Å². The normalized spacial score (nSPS) is 12.6. The number of hydrogen-bond acceptors (Lipinski definition) is 2. The maximum atomic E-state index is 5.95. The molecule has 2 rings (SSSR count). The van der Waals surface area contributed by atoms with Gasteiger partial charge in [0.2, 0.25) is 0 Å². The molecule has 1 atom stereocenters. The molecule has 0 aliphatic carbocycles. The van der Waals surface area contributed by atoms with Crippen LogP contribution in [0, 0.1) is 0 Å². The zero-order valence-corrected chi connectivity index (χ0v) is 13.8. The van der Waals surface area contributed by atoms with Gasteiger partial charge in [0, 0.05) is 30.2 Å². The second-order valence-electron chi connectivity index (χ2n) is 5.39. The number of nitrogens with one attached hydrogen (secondary N) is 1. The number of likely N-dealkylation sites (N-methyl/N-ethyl adjacent to an activating group) is 1. The number of nitrogens with zero attached hydrogens (tertiary/aromatic N) is 2. The molecule has 2 aromatic rings. The van der Waals surface area contributed by atoms with E-state index in [1.165, 1.54) is 11.3 Å². The molecule has 0 fully saturated rings. The average Bonchev–Trinajstić information content (AvgIpc) is 2.82. The lowest BCUT2D eigenvalue weighted by molar-refractivity contribution is 0.504. The molecule has 0 saturated heterocycles. The van der Waals surface area contributed by atoms with Crippen LogP contribution in [0.4, 0.5) is 0 Å². The highest BCUT2D eigenvalue weighted by atomic mass is 35.5. The van der Waals surface area contributed by atoms with E-state index in [0.29, 0.717) is 6.04 Å². The van der Waals surface area contributed by atoms with E-state index in [1.807, 2.05) is 23.9 Å². The molecule has 0 saturated carbocycles. The molecule has 1 aromatic heterocycles. The monoisotopic (exact) mass is 305 g/mol. The van der Waals surface area contributed by atoms with Crippen LogP contribution in [0.3, 0.4) is 0 Å². The van der Waals surface area contributed by atoms with Crippen LogP contribution in [-0.4, -0.2) is 22.4 Å². The Morgan fingerprint density at radius 3 is 2.48 bits per heavy atom. The summed E-state index contributed by atoms with van der Waals surface area (Å²) < 4.78 is 2.00. The Kier molecular flexibility index (Phi) is 5.83. The lowest BCUT2D eigenvalue weighted by Gasteiger charge is -2.18. The quantitative estimate of drug-likeness (QED) is 0.849. The van der Waals surface area contributed by atoms with E-state index in [4.69, 9.17) is 11.6 Å². The summed E-state index contributed by atoms with van der Waals surface area (Å²) in [5.41, 5.74) is 3.75. The largest absolute Gasteiger partial charge is 0.314 e. The molecular formula is C17H24ClN3. The van der Waals surface area contributed by atoms with Gasteiger partial charge in [-0.15, -0.1) is 0 Å². The lowest BCUT2D eigenvalue weighted by atomic mass is 10.0. The molecule has 114 valence electrons. The highest BCUT2D eigenvalue weighted by Gasteiger charge is 2.13. The minimum absolute atomic E-state index is 0.413. The van der Waals surface area contributed by atoms with Crippen molar-refractivity contribution in [3.05, 3.63) is 52.3 Å². The summed E-state index contributed by atoms with van der Waals surface area (Å²) in [5, 5.41) is 8.90. The van der Waals surface area contributed by atoms with E-state index in [-0.39, 0.29) is 0 Å². The van der Waals surface area contributed by atoms with E-state index < -0.39 is 0 Å². The van der Waals surface area contributed by atoms with Gasteiger partial charge in [-0.1, -0.05) is 37.6 Å². The standard InChI is InChI=1S/C17H24ClN3/c1-4-15-11-17(21(3)20-15)12-16(19-5-2)10-13-6-8-14(18)9-7-13/h6-9,11,16,19H,4-5,10,12H2,1-3H3. The van der Waals surface area contributed by atoms with Crippen LogP contribution in [0.5, 0.6) is 0 Å². The highest BCUT2D eigenvalue weighted by Crippen LogP contribution is 2.14. The Bertz CT molecular complexity index is 560. The highest BCUT2D eigenvalue weighted by molar-refractivity contribution is 6.30. The summed E-state index contributed by atoms with van der Waals surface area (Å²) in [6.45, 7) is 5.26. The average molecular weight is 306 g/mol. The summed E-state index contributed by atoms with van der Waals surface area (Å²) in [4.78, 5) is 0. The van der Waals surface area contributed by atoms with Crippen LogP contribution < -0.4 is 5.32 Å². The third-order valence-electron chi connectivity index (χ3n) is 3.73. The molecule has 0 spiro atoms. The zero-order valence-electron chi connectivity index (χ0n) is 13.1. The van der Waals surface area contributed by atoms with Gasteiger partial charge in [-0.05, 0) is 43.1 Å². The van der Waals surface area contributed by atoms with Gasteiger partial charge in [0.1, 0.15) is 0 Å². The molecule has 0 bridgehead atoms. The van der Waals surface area contributed by atoms with Crippen molar-refractivity contribution in [2.24, 2.45) is 7.05 Å². The Labute approximate surface area is 132 Å². The lowest BCUT2D eigenvalue weighted by Crippen LogP contribution is -2.33. The van der Waals surface area contributed by atoms with Crippen molar-refractivity contribution < 1.29 is 0 Å². The minimum atomic E-state index is 0.413. The molecule has 1 N–H and O–H groups in total. The first-order valence-electron chi connectivity index (χ1n) is 7.62. The van der Waals surface area contributed by atoms with Gasteiger partial charge >= 0.3 is 0 Å². The fourth-order valence-electron chi connectivity index (χ4n) is 2.60. The maximum absolute atomic E-state index is 5.95. The van der Waals surface area contributed by atoms with Gasteiger partial charge in [0.25, 0.3) is 0 Å². The first kappa shape index (κ1) is 16.1. The van der Waals surface area contributed by atoms with Crippen molar-refractivity contribution in [3.8, 4) is 0 Å². The smallest absolute Gasteiger partial charge is 0.0624 e. The number of hydrogen-bond donors (Lipinski definition) is 1. The molecule has 0 amide bonds. The molecular weight excluding hydrogens is 282 g/mol. The third kappa shape index (κ3) is 4.58. The van der Waals surface area contributed by atoms with Crippen LogP contribution in [0.2, 0.25) is 5.02 Å². The maximum Gasteiger partial charge on any atom is 0.0624 e. The number of rotatable bonds is 7. The molecule has 0 aliphatic rings. The fraction of sp³-hybridized carbons (Fsp3) is 0.471. The van der Waals surface area contributed by atoms with E-state index >= 15 is 0 Å². The van der Waals surface area contributed by atoms with E-state index in [9.17, 15) is 0 Å². The Morgan fingerprint density at radius 1 is 1.19 bits per heavy atom. The Morgan fingerprint density at radius 2 is 1.90 bits per heavy atom.